The van der Waals surface area contributed by atoms with Crippen molar-refractivity contribution in [1.29, 1.82) is 0 Å². The lowest BCUT2D eigenvalue weighted by Crippen LogP contribution is -2.40. The maximum absolute atomic E-state index is 11.8. The highest BCUT2D eigenvalue weighted by molar-refractivity contribution is 7.14. The van der Waals surface area contributed by atoms with Crippen molar-refractivity contribution >= 4 is 28.9 Å². The summed E-state index contributed by atoms with van der Waals surface area (Å²) in [4.78, 5) is 36.4. The van der Waals surface area contributed by atoms with E-state index in [9.17, 15) is 14.4 Å². The number of carbonyl (C=O) groups is 3. The molecule has 2 N–H and O–H groups in total. The predicted molar refractivity (Wildman–Crippen MR) is 94.1 cm³/mol. The molecule has 0 unspecified atom stereocenters. The molecular formula is C18H20N2O3S. The fourth-order valence-corrected chi connectivity index (χ4v) is 2.95. The summed E-state index contributed by atoms with van der Waals surface area (Å²) < 4.78 is 0. The average molecular weight is 344 g/mol. The third kappa shape index (κ3) is 5.31. The third-order valence-corrected chi connectivity index (χ3v) is 4.69. The standard InChI is InChI=1S/C18H20N2O3S/c1-12-3-5-14(6-4-12)11-20-18(23)17(22)19-10-9-15-7-8-16(24-15)13(2)21/h3-8H,9-11H2,1-2H3,(H,19,22)(H,20,23). The van der Waals surface area contributed by atoms with Gasteiger partial charge in [0.1, 0.15) is 0 Å². The molecule has 0 spiro atoms. The quantitative estimate of drug-likeness (QED) is 0.623. The predicted octanol–water partition coefficient (Wildman–Crippen LogP) is 2.23. The van der Waals surface area contributed by atoms with Gasteiger partial charge in [-0.25, -0.2) is 0 Å². The Labute approximate surface area is 145 Å². The fourth-order valence-electron chi connectivity index (χ4n) is 2.05. The Morgan fingerprint density at radius 2 is 1.62 bits per heavy atom. The number of benzene rings is 1. The summed E-state index contributed by atoms with van der Waals surface area (Å²) in [7, 11) is 0. The Balaban J connectivity index is 1.72. The smallest absolute Gasteiger partial charge is 0.309 e. The van der Waals surface area contributed by atoms with Gasteiger partial charge in [0.2, 0.25) is 0 Å². The molecule has 2 rings (SSSR count). The zero-order valence-electron chi connectivity index (χ0n) is 13.7. The molecule has 1 aromatic heterocycles. The maximum atomic E-state index is 11.8. The molecule has 2 aromatic rings. The van der Waals surface area contributed by atoms with E-state index >= 15 is 0 Å². The lowest BCUT2D eigenvalue weighted by Gasteiger charge is -2.06. The number of amides is 2. The van der Waals surface area contributed by atoms with E-state index in [1.54, 1.807) is 6.07 Å². The lowest BCUT2D eigenvalue weighted by atomic mass is 10.1. The van der Waals surface area contributed by atoms with Crippen LogP contribution >= 0.6 is 11.3 Å². The summed E-state index contributed by atoms with van der Waals surface area (Å²) in [6.45, 7) is 4.19. The zero-order chi connectivity index (χ0) is 17.5. The van der Waals surface area contributed by atoms with E-state index in [1.807, 2.05) is 37.3 Å². The molecule has 2 amide bonds. The highest BCUT2D eigenvalue weighted by Crippen LogP contribution is 2.17. The number of thiophene rings is 1. The molecule has 24 heavy (non-hydrogen) atoms. The Hall–Kier alpha value is -2.47. The van der Waals surface area contributed by atoms with Gasteiger partial charge < -0.3 is 10.6 Å². The van der Waals surface area contributed by atoms with Crippen molar-refractivity contribution < 1.29 is 14.4 Å². The minimum absolute atomic E-state index is 0.0331. The molecule has 126 valence electrons. The van der Waals surface area contributed by atoms with E-state index in [0.29, 0.717) is 24.4 Å². The van der Waals surface area contributed by atoms with Gasteiger partial charge in [0.05, 0.1) is 4.88 Å². The Morgan fingerprint density at radius 1 is 0.958 bits per heavy atom. The molecular weight excluding hydrogens is 324 g/mol. The van der Waals surface area contributed by atoms with E-state index in [4.69, 9.17) is 0 Å². The number of hydrogen-bond acceptors (Lipinski definition) is 4. The first kappa shape index (κ1) is 17.9. The second-order valence-corrected chi connectivity index (χ2v) is 6.66. The van der Waals surface area contributed by atoms with Crippen LogP contribution in [0.5, 0.6) is 0 Å². The van der Waals surface area contributed by atoms with Crippen LogP contribution < -0.4 is 10.6 Å². The largest absolute Gasteiger partial charge is 0.347 e. The molecule has 6 heteroatoms. The van der Waals surface area contributed by atoms with Gasteiger partial charge in [-0.1, -0.05) is 29.8 Å². The number of nitrogens with one attached hydrogen (secondary N) is 2. The van der Waals surface area contributed by atoms with E-state index in [-0.39, 0.29) is 5.78 Å². The highest BCUT2D eigenvalue weighted by atomic mass is 32.1. The Morgan fingerprint density at radius 3 is 2.25 bits per heavy atom. The lowest BCUT2D eigenvalue weighted by molar-refractivity contribution is -0.139. The van der Waals surface area contributed by atoms with Crippen LogP contribution in [0.3, 0.4) is 0 Å². The van der Waals surface area contributed by atoms with Gasteiger partial charge in [0, 0.05) is 18.0 Å². The van der Waals surface area contributed by atoms with E-state index in [2.05, 4.69) is 10.6 Å². The molecule has 5 nitrogen and oxygen atoms in total. The van der Waals surface area contributed by atoms with Crippen molar-refractivity contribution in [2.75, 3.05) is 6.54 Å². The summed E-state index contributed by atoms with van der Waals surface area (Å²) >= 11 is 1.41. The molecule has 0 atom stereocenters. The molecule has 0 aliphatic carbocycles. The van der Waals surface area contributed by atoms with Crippen LogP contribution in [0.25, 0.3) is 0 Å². The van der Waals surface area contributed by atoms with E-state index in [0.717, 1.165) is 16.0 Å². The SMILES string of the molecule is CC(=O)c1ccc(CCNC(=O)C(=O)NCc2ccc(C)cc2)s1. The number of carbonyl (C=O) groups excluding carboxylic acids is 3. The average Bonchev–Trinajstić information content (AvgIpc) is 3.03. The van der Waals surface area contributed by atoms with Crippen molar-refractivity contribution in [1.82, 2.24) is 10.6 Å². The minimum atomic E-state index is -0.648. The molecule has 0 saturated carbocycles. The van der Waals surface area contributed by atoms with Gasteiger partial charge in [0.25, 0.3) is 0 Å². The molecule has 0 saturated heterocycles. The Kier molecular flexibility index (Phi) is 6.26. The summed E-state index contributed by atoms with van der Waals surface area (Å²) in [6, 6.07) is 11.4. The number of Topliss-reactive ketones (excluding diaryl/α,β-unsaturated/α-hetero) is 1. The number of rotatable bonds is 6. The van der Waals surface area contributed by atoms with Crippen LogP contribution in [0.1, 0.15) is 32.6 Å². The maximum Gasteiger partial charge on any atom is 0.309 e. The second-order valence-electron chi connectivity index (χ2n) is 5.50. The second kappa shape index (κ2) is 8.40. The first-order chi connectivity index (χ1) is 11.5. The van der Waals surface area contributed by atoms with Gasteiger partial charge in [0.15, 0.2) is 5.78 Å². The summed E-state index contributed by atoms with van der Waals surface area (Å²) in [5, 5.41) is 5.18. The van der Waals surface area contributed by atoms with Crippen LogP contribution in [0.15, 0.2) is 36.4 Å². The molecule has 0 radical (unpaired) electrons. The van der Waals surface area contributed by atoms with Crippen molar-refractivity contribution in [3.63, 3.8) is 0 Å². The normalized spacial score (nSPS) is 10.2. The van der Waals surface area contributed by atoms with Gasteiger partial charge in [-0.05, 0) is 38.0 Å². The molecule has 1 heterocycles. The van der Waals surface area contributed by atoms with Crippen LogP contribution in [-0.4, -0.2) is 24.1 Å². The first-order valence-corrected chi connectivity index (χ1v) is 8.48. The van der Waals surface area contributed by atoms with Crippen molar-refractivity contribution in [2.45, 2.75) is 26.8 Å². The summed E-state index contributed by atoms with van der Waals surface area (Å²) in [6.07, 6.45) is 0.592. The van der Waals surface area contributed by atoms with Crippen LogP contribution in [0, 0.1) is 6.92 Å². The third-order valence-electron chi connectivity index (χ3n) is 3.45. The molecule has 0 fully saturated rings. The van der Waals surface area contributed by atoms with Gasteiger partial charge in [-0.2, -0.15) is 0 Å². The van der Waals surface area contributed by atoms with Gasteiger partial charge >= 0.3 is 11.8 Å². The summed E-state index contributed by atoms with van der Waals surface area (Å²) in [5.41, 5.74) is 2.08. The molecule has 1 aromatic carbocycles. The number of hydrogen-bond donors (Lipinski definition) is 2. The minimum Gasteiger partial charge on any atom is -0.347 e. The Bertz CT molecular complexity index is 735. The topological polar surface area (TPSA) is 75.3 Å². The molecule has 0 aliphatic heterocycles. The van der Waals surface area contributed by atoms with Gasteiger partial charge in [-0.15, -0.1) is 11.3 Å². The molecule has 0 bridgehead atoms. The molecule has 0 aliphatic rings. The number of ketones is 1. The van der Waals surface area contributed by atoms with Crippen molar-refractivity contribution in [3.05, 3.63) is 57.3 Å². The summed E-state index contributed by atoms with van der Waals surface area (Å²) in [5.74, 6) is -1.26. The highest BCUT2D eigenvalue weighted by Gasteiger charge is 2.12. The van der Waals surface area contributed by atoms with Crippen molar-refractivity contribution in [2.24, 2.45) is 0 Å². The van der Waals surface area contributed by atoms with Crippen LogP contribution in [0.4, 0.5) is 0 Å². The monoisotopic (exact) mass is 344 g/mol. The fraction of sp³-hybridized carbons (Fsp3) is 0.278. The zero-order valence-corrected chi connectivity index (χ0v) is 14.5. The van der Waals surface area contributed by atoms with Gasteiger partial charge in [-0.3, -0.25) is 14.4 Å². The first-order valence-electron chi connectivity index (χ1n) is 7.67. The van der Waals surface area contributed by atoms with E-state index < -0.39 is 11.8 Å². The van der Waals surface area contributed by atoms with Crippen LogP contribution in [0.2, 0.25) is 0 Å². The van der Waals surface area contributed by atoms with E-state index in [1.165, 1.54) is 18.3 Å². The van der Waals surface area contributed by atoms with Crippen LogP contribution in [-0.2, 0) is 22.6 Å². The number of aryl methyl sites for hydroxylation is 1. The van der Waals surface area contributed by atoms with Crippen molar-refractivity contribution in [3.8, 4) is 0 Å².